The third kappa shape index (κ3) is 6.89. The molecule has 0 fully saturated rings. The smallest absolute Gasteiger partial charge is 0.220 e. The van der Waals surface area contributed by atoms with Crippen LogP contribution in [-0.4, -0.2) is 21.4 Å². The molecule has 1 amide bonds. The molecule has 0 aromatic carbocycles. The highest BCUT2D eigenvalue weighted by Crippen LogP contribution is 2.06. The Morgan fingerprint density at radius 1 is 1.37 bits per heavy atom. The van der Waals surface area contributed by atoms with Crippen LogP contribution in [0.1, 0.15) is 52.6 Å². The summed E-state index contributed by atoms with van der Waals surface area (Å²) in [5.41, 5.74) is 0.869. The maximum atomic E-state index is 11.7. The second kappa shape index (κ2) is 6.64. The third-order valence-corrected chi connectivity index (χ3v) is 2.47. The molecule has 1 rings (SSSR count). The fourth-order valence-corrected chi connectivity index (χ4v) is 1.80. The van der Waals surface area contributed by atoms with E-state index in [1.54, 1.807) is 6.20 Å². The van der Waals surface area contributed by atoms with Gasteiger partial charge < -0.3 is 5.32 Å². The van der Waals surface area contributed by atoms with Gasteiger partial charge in [-0.2, -0.15) is 0 Å². The molecular weight excluding hydrogens is 238 g/mol. The number of hydrogen-bond donors (Lipinski definition) is 1. The molecule has 0 saturated carbocycles. The standard InChI is InChI=1S/C15H25N3O/c1-11(2)10-12-8-9-16-13(17-12)6-7-14(19)18-15(3,4)5/h8-9,11H,6-7,10H2,1-5H3,(H,18,19). The molecule has 0 spiro atoms. The van der Waals surface area contributed by atoms with Crippen LogP contribution in [0.4, 0.5) is 0 Å². The fourth-order valence-electron chi connectivity index (χ4n) is 1.80. The Morgan fingerprint density at radius 3 is 2.63 bits per heavy atom. The average Bonchev–Trinajstić information content (AvgIpc) is 2.23. The normalized spacial score (nSPS) is 11.7. The molecule has 4 nitrogen and oxygen atoms in total. The second-order valence-electron chi connectivity index (χ2n) is 6.36. The summed E-state index contributed by atoms with van der Waals surface area (Å²) in [6.45, 7) is 10.3. The van der Waals surface area contributed by atoms with Crippen molar-refractivity contribution in [3.05, 3.63) is 23.8 Å². The van der Waals surface area contributed by atoms with Gasteiger partial charge in [-0.25, -0.2) is 9.97 Å². The lowest BCUT2D eigenvalue weighted by Gasteiger charge is -2.20. The Kier molecular flexibility index (Phi) is 5.45. The van der Waals surface area contributed by atoms with Crippen molar-refractivity contribution < 1.29 is 4.79 Å². The lowest BCUT2D eigenvalue weighted by Crippen LogP contribution is -2.40. The van der Waals surface area contributed by atoms with Crippen LogP contribution in [0.3, 0.4) is 0 Å². The molecular formula is C15H25N3O. The molecule has 0 aliphatic carbocycles. The highest BCUT2D eigenvalue weighted by molar-refractivity contribution is 5.76. The largest absolute Gasteiger partial charge is 0.351 e. The summed E-state index contributed by atoms with van der Waals surface area (Å²) in [6, 6.07) is 1.94. The minimum atomic E-state index is -0.183. The number of aryl methyl sites for hydroxylation is 1. The number of rotatable bonds is 5. The van der Waals surface area contributed by atoms with Gasteiger partial charge >= 0.3 is 0 Å². The zero-order valence-corrected chi connectivity index (χ0v) is 12.7. The van der Waals surface area contributed by atoms with Gasteiger partial charge in [-0.05, 0) is 39.2 Å². The predicted octanol–water partition coefficient (Wildman–Crippen LogP) is 2.52. The molecule has 0 unspecified atom stereocenters. The van der Waals surface area contributed by atoms with Crippen molar-refractivity contribution in [1.29, 1.82) is 0 Å². The zero-order chi connectivity index (χ0) is 14.5. The van der Waals surface area contributed by atoms with E-state index in [1.807, 2.05) is 26.8 Å². The van der Waals surface area contributed by atoms with Gasteiger partial charge in [-0.3, -0.25) is 4.79 Å². The lowest BCUT2D eigenvalue weighted by molar-refractivity contribution is -0.122. The number of hydrogen-bond acceptors (Lipinski definition) is 3. The first-order valence-corrected chi connectivity index (χ1v) is 6.88. The Hall–Kier alpha value is -1.45. The Balaban J connectivity index is 2.51. The van der Waals surface area contributed by atoms with Gasteiger partial charge in [-0.1, -0.05) is 13.8 Å². The van der Waals surface area contributed by atoms with Crippen molar-refractivity contribution in [2.75, 3.05) is 0 Å². The van der Waals surface area contributed by atoms with Crippen LogP contribution in [0.15, 0.2) is 12.3 Å². The van der Waals surface area contributed by atoms with Gasteiger partial charge in [0.1, 0.15) is 5.82 Å². The van der Waals surface area contributed by atoms with Crippen LogP contribution in [0.5, 0.6) is 0 Å². The zero-order valence-electron chi connectivity index (χ0n) is 12.7. The van der Waals surface area contributed by atoms with E-state index in [1.165, 1.54) is 0 Å². The maximum absolute atomic E-state index is 11.7. The van der Waals surface area contributed by atoms with E-state index in [9.17, 15) is 4.79 Å². The van der Waals surface area contributed by atoms with Gasteiger partial charge in [0.05, 0.1) is 0 Å². The van der Waals surface area contributed by atoms with Gasteiger partial charge in [0, 0.05) is 30.3 Å². The van der Waals surface area contributed by atoms with Crippen molar-refractivity contribution in [2.45, 2.75) is 59.4 Å². The van der Waals surface area contributed by atoms with Gasteiger partial charge in [0.15, 0.2) is 0 Å². The predicted molar refractivity (Wildman–Crippen MR) is 76.8 cm³/mol. The first-order valence-electron chi connectivity index (χ1n) is 6.88. The van der Waals surface area contributed by atoms with Crippen LogP contribution in [0.25, 0.3) is 0 Å². The van der Waals surface area contributed by atoms with Crippen molar-refractivity contribution >= 4 is 5.91 Å². The van der Waals surface area contributed by atoms with Crippen LogP contribution in [0, 0.1) is 5.92 Å². The molecule has 19 heavy (non-hydrogen) atoms. The second-order valence-corrected chi connectivity index (χ2v) is 6.36. The summed E-state index contributed by atoms with van der Waals surface area (Å²) >= 11 is 0. The number of nitrogens with zero attached hydrogens (tertiary/aromatic N) is 2. The molecule has 106 valence electrons. The summed E-state index contributed by atoms with van der Waals surface area (Å²) in [5, 5.41) is 2.94. The number of carbonyl (C=O) groups excluding carboxylic acids is 1. The molecule has 0 saturated heterocycles. The highest BCUT2D eigenvalue weighted by Gasteiger charge is 2.13. The van der Waals surface area contributed by atoms with E-state index in [0.29, 0.717) is 18.8 Å². The fraction of sp³-hybridized carbons (Fsp3) is 0.667. The minimum absolute atomic E-state index is 0.0466. The molecule has 0 aliphatic rings. The van der Waals surface area contributed by atoms with Crippen LogP contribution in [-0.2, 0) is 17.6 Å². The maximum Gasteiger partial charge on any atom is 0.220 e. The minimum Gasteiger partial charge on any atom is -0.351 e. The van der Waals surface area contributed by atoms with Gasteiger partial charge in [0.25, 0.3) is 0 Å². The van der Waals surface area contributed by atoms with Crippen LogP contribution < -0.4 is 5.32 Å². The molecule has 1 N–H and O–H groups in total. The average molecular weight is 263 g/mol. The first-order chi connectivity index (χ1) is 8.76. The quantitative estimate of drug-likeness (QED) is 0.888. The van der Waals surface area contributed by atoms with E-state index in [2.05, 4.69) is 29.1 Å². The third-order valence-electron chi connectivity index (χ3n) is 2.47. The van der Waals surface area contributed by atoms with Crippen molar-refractivity contribution in [3.8, 4) is 0 Å². The van der Waals surface area contributed by atoms with Gasteiger partial charge in [0.2, 0.25) is 5.91 Å². The number of amides is 1. The molecule has 0 radical (unpaired) electrons. The molecule has 0 bridgehead atoms. The summed E-state index contributed by atoms with van der Waals surface area (Å²) in [7, 11) is 0. The van der Waals surface area contributed by atoms with Gasteiger partial charge in [-0.15, -0.1) is 0 Å². The van der Waals surface area contributed by atoms with E-state index >= 15 is 0 Å². The van der Waals surface area contributed by atoms with E-state index < -0.39 is 0 Å². The summed E-state index contributed by atoms with van der Waals surface area (Å²) in [4.78, 5) is 20.4. The SMILES string of the molecule is CC(C)Cc1ccnc(CCC(=O)NC(C)(C)C)n1. The first kappa shape index (κ1) is 15.6. The number of carbonyl (C=O) groups is 1. The molecule has 1 aromatic heterocycles. The van der Waals surface area contributed by atoms with E-state index in [-0.39, 0.29) is 11.4 Å². The van der Waals surface area contributed by atoms with Crippen molar-refractivity contribution in [3.63, 3.8) is 0 Å². The molecule has 1 aromatic rings. The lowest BCUT2D eigenvalue weighted by atomic mass is 10.1. The number of aromatic nitrogens is 2. The molecule has 0 atom stereocenters. The Morgan fingerprint density at radius 2 is 2.05 bits per heavy atom. The van der Waals surface area contributed by atoms with Crippen LogP contribution >= 0.6 is 0 Å². The Labute approximate surface area is 116 Å². The van der Waals surface area contributed by atoms with E-state index in [0.717, 1.165) is 17.9 Å². The van der Waals surface area contributed by atoms with Crippen molar-refractivity contribution in [1.82, 2.24) is 15.3 Å². The molecule has 1 heterocycles. The summed E-state index contributed by atoms with van der Waals surface area (Å²) in [6.07, 6.45) is 3.75. The topological polar surface area (TPSA) is 54.9 Å². The van der Waals surface area contributed by atoms with E-state index in [4.69, 9.17) is 0 Å². The summed E-state index contributed by atoms with van der Waals surface area (Å²) in [5.74, 6) is 1.37. The Bertz CT molecular complexity index is 422. The molecule has 4 heteroatoms. The number of nitrogens with one attached hydrogen (secondary N) is 1. The molecule has 0 aliphatic heterocycles. The monoisotopic (exact) mass is 263 g/mol. The summed E-state index contributed by atoms with van der Waals surface area (Å²) < 4.78 is 0. The van der Waals surface area contributed by atoms with Crippen LogP contribution in [0.2, 0.25) is 0 Å². The highest BCUT2D eigenvalue weighted by atomic mass is 16.1. The van der Waals surface area contributed by atoms with Crippen molar-refractivity contribution in [2.24, 2.45) is 5.92 Å².